The van der Waals surface area contributed by atoms with Crippen LogP contribution in [0.25, 0.3) is 11.0 Å². The number of halogens is 1. The Hall–Kier alpha value is -1.75. The fourth-order valence-electron chi connectivity index (χ4n) is 2.59. The van der Waals surface area contributed by atoms with Gasteiger partial charge in [-0.3, -0.25) is 9.97 Å². The third-order valence-electron chi connectivity index (χ3n) is 3.30. The van der Waals surface area contributed by atoms with Gasteiger partial charge in [0, 0.05) is 31.5 Å². The van der Waals surface area contributed by atoms with Gasteiger partial charge in [-0.05, 0) is 19.9 Å². The van der Waals surface area contributed by atoms with Crippen molar-refractivity contribution in [2.75, 3.05) is 18.0 Å². The maximum Gasteiger partial charge on any atom is 0.148 e. The number of aromatic nitrogens is 2. The monoisotopic (exact) mass is 261 g/mol. The predicted octanol–water partition coefficient (Wildman–Crippen LogP) is 2.38. The zero-order valence-electron chi connectivity index (χ0n) is 11.0. The fraction of sp³-hybridized carbons (Fsp3) is 0.429. The first-order valence-electron chi connectivity index (χ1n) is 6.44. The number of nitrogens with zero attached hydrogens (tertiary/aromatic N) is 3. The molecule has 1 saturated heterocycles. The average molecular weight is 261 g/mol. The Balaban J connectivity index is 2.01. The highest BCUT2D eigenvalue weighted by atomic mass is 19.1. The SMILES string of the molecule is C[C@@H]1CN(c2cc3nccnc3cc2F)C[C@@H](C)O1. The van der Waals surface area contributed by atoms with E-state index in [1.807, 2.05) is 18.7 Å². The zero-order chi connectivity index (χ0) is 13.4. The summed E-state index contributed by atoms with van der Waals surface area (Å²) in [5.74, 6) is -0.255. The number of anilines is 1. The van der Waals surface area contributed by atoms with Crippen LogP contribution in [0.3, 0.4) is 0 Å². The van der Waals surface area contributed by atoms with Crippen molar-refractivity contribution in [3.05, 3.63) is 30.3 Å². The van der Waals surface area contributed by atoms with Crippen LogP contribution in [0.2, 0.25) is 0 Å². The molecule has 3 rings (SSSR count). The number of fused-ring (bicyclic) bond motifs is 1. The smallest absolute Gasteiger partial charge is 0.148 e. The molecule has 0 spiro atoms. The Morgan fingerprint density at radius 1 is 1.11 bits per heavy atom. The topological polar surface area (TPSA) is 38.2 Å². The largest absolute Gasteiger partial charge is 0.372 e. The molecule has 19 heavy (non-hydrogen) atoms. The molecule has 2 aromatic rings. The lowest BCUT2D eigenvalue weighted by Gasteiger charge is -2.37. The van der Waals surface area contributed by atoms with E-state index in [2.05, 4.69) is 9.97 Å². The second-order valence-corrected chi connectivity index (χ2v) is 5.01. The van der Waals surface area contributed by atoms with E-state index >= 15 is 0 Å². The van der Waals surface area contributed by atoms with Crippen LogP contribution in [0.15, 0.2) is 24.5 Å². The fourth-order valence-corrected chi connectivity index (χ4v) is 2.59. The summed E-state index contributed by atoms with van der Waals surface area (Å²) >= 11 is 0. The minimum atomic E-state index is -0.255. The van der Waals surface area contributed by atoms with Crippen molar-refractivity contribution in [2.45, 2.75) is 26.1 Å². The lowest BCUT2D eigenvalue weighted by atomic mass is 10.1. The van der Waals surface area contributed by atoms with Crippen molar-refractivity contribution in [3.8, 4) is 0 Å². The molecule has 1 fully saturated rings. The van der Waals surface area contributed by atoms with Gasteiger partial charge >= 0.3 is 0 Å². The lowest BCUT2D eigenvalue weighted by Crippen LogP contribution is -2.45. The minimum absolute atomic E-state index is 0.0979. The van der Waals surface area contributed by atoms with Gasteiger partial charge in [-0.15, -0.1) is 0 Å². The Morgan fingerprint density at radius 2 is 1.68 bits per heavy atom. The van der Waals surface area contributed by atoms with Crippen molar-refractivity contribution < 1.29 is 9.13 Å². The van der Waals surface area contributed by atoms with Crippen molar-refractivity contribution >= 4 is 16.7 Å². The number of benzene rings is 1. The van der Waals surface area contributed by atoms with Gasteiger partial charge in [-0.25, -0.2) is 4.39 Å². The standard InChI is InChI=1S/C14H16FN3O/c1-9-7-18(8-10(2)19-9)14-6-13-12(5-11(14)15)16-3-4-17-13/h3-6,9-10H,7-8H2,1-2H3/t9-,10-/m1/s1. The van der Waals surface area contributed by atoms with Crippen LogP contribution in [-0.4, -0.2) is 35.3 Å². The summed E-state index contributed by atoms with van der Waals surface area (Å²) in [5.41, 5.74) is 1.87. The number of morpholine rings is 1. The molecule has 1 aromatic carbocycles. The maximum absolute atomic E-state index is 14.2. The van der Waals surface area contributed by atoms with E-state index in [1.54, 1.807) is 18.5 Å². The summed E-state index contributed by atoms with van der Waals surface area (Å²) in [6, 6.07) is 3.21. The molecule has 0 amide bonds. The first-order valence-corrected chi connectivity index (χ1v) is 6.44. The molecule has 100 valence electrons. The van der Waals surface area contributed by atoms with Crippen LogP contribution in [-0.2, 0) is 4.74 Å². The van der Waals surface area contributed by atoms with Gasteiger partial charge in [0.1, 0.15) is 5.82 Å². The number of rotatable bonds is 1. The summed E-state index contributed by atoms with van der Waals surface area (Å²) in [7, 11) is 0. The third-order valence-corrected chi connectivity index (χ3v) is 3.30. The van der Waals surface area contributed by atoms with E-state index in [9.17, 15) is 4.39 Å². The molecule has 0 radical (unpaired) electrons. The molecule has 1 aliphatic heterocycles. The highest BCUT2D eigenvalue weighted by Crippen LogP contribution is 2.26. The molecule has 0 N–H and O–H groups in total. The quantitative estimate of drug-likeness (QED) is 0.790. The Labute approximate surface area is 111 Å². The number of hydrogen-bond donors (Lipinski definition) is 0. The summed E-state index contributed by atoms with van der Waals surface area (Å²) < 4.78 is 19.9. The van der Waals surface area contributed by atoms with Gasteiger partial charge in [0.15, 0.2) is 0 Å². The second-order valence-electron chi connectivity index (χ2n) is 5.01. The van der Waals surface area contributed by atoms with Crippen molar-refractivity contribution in [3.63, 3.8) is 0 Å². The van der Waals surface area contributed by atoms with Crippen LogP contribution in [0, 0.1) is 5.82 Å². The van der Waals surface area contributed by atoms with Gasteiger partial charge in [-0.1, -0.05) is 0 Å². The van der Waals surface area contributed by atoms with E-state index < -0.39 is 0 Å². The number of hydrogen-bond acceptors (Lipinski definition) is 4. The molecule has 0 unspecified atom stereocenters. The van der Waals surface area contributed by atoms with Crippen molar-refractivity contribution in [1.82, 2.24) is 9.97 Å². The summed E-state index contributed by atoms with van der Waals surface area (Å²) in [6.45, 7) is 5.38. The summed E-state index contributed by atoms with van der Waals surface area (Å²) in [5, 5.41) is 0. The maximum atomic E-state index is 14.2. The minimum Gasteiger partial charge on any atom is -0.372 e. The highest BCUT2D eigenvalue weighted by molar-refractivity contribution is 5.79. The highest BCUT2D eigenvalue weighted by Gasteiger charge is 2.24. The molecule has 1 aliphatic rings. The second kappa shape index (κ2) is 4.74. The number of ether oxygens (including phenoxy) is 1. The zero-order valence-corrected chi connectivity index (χ0v) is 11.0. The Morgan fingerprint density at radius 3 is 2.32 bits per heavy atom. The summed E-state index contributed by atoms with van der Waals surface area (Å²) in [4.78, 5) is 10.4. The molecule has 4 nitrogen and oxygen atoms in total. The van der Waals surface area contributed by atoms with Crippen molar-refractivity contribution in [2.24, 2.45) is 0 Å². The Kier molecular flexibility index (Phi) is 3.06. The molecular formula is C14H16FN3O. The first kappa shape index (κ1) is 12.3. The average Bonchev–Trinajstić information content (AvgIpc) is 2.36. The first-order chi connectivity index (χ1) is 9.13. The third kappa shape index (κ3) is 2.38. The van der Waals surface area contributed by atoms with E-state index in [4.69, 9.17) is 4.74 Å². The van der Waals surface area contributed by atoms with Gasteiger partial charge in [0.05, 0.1) is 28.9 Å². The normalized spacial score (nSPS) is 23.8. The van der Waals surface area contributed by atoms with Crippen molar-refractivity contribution in [1.29, 1.82) is 0 Å². The van der Waals surface area contributed by atoms with Crippen LogP contribution < -0.4 is 4.90 Å². The van der Waals surface area contributed by atoms with Crippen LogP contribution in [0.5, 0.6) is 0 Å². The van der Waals surface area contributed by atoms with Gasteiger partial charge < -0.3 is 9.64 Å². The Bertz CT molecular complexity index is 594. The molecular weight excluding hydrogens is 245 g/mol. The van der Waals surface area contributed by atoms with Crippen LogP contribution >= 0.6 is 0 Å². The van der Waals surface area contributed by atoms with Gasteiger partial charge in [-0.2, -0.15) is 0 Å². The van der Waals surface area contributed by atoms with Gasteiger partial charge in [0.2, 0.25) is 0 Å². The van der Waals surface area contributed by atoms with E-state index in [1.165, 1.54) is 6.07 Å². The lowest BCUT2D eigenvalue weighted by molar-refractivity contribution is -0.00538. The predicted molar refractivity (Wildman–Crippen MR) is 71.7 cm³/mol. The van der Waals surface area contributed by atoms with Crippen LogP contribution in [0.4, 0.5) is 10.1 Å². The van der Waals surface area contributed by atoms with E-state index in [-0.39, 0.29) is 18.0 Å². The molecule has 2 atom stereocenters. The molecule has 1 aromatic heterocycles. The molecule has 0 saturated carbocycles. The van der Waals surface area contributed by atoms with Gasteiger partial charge in [0.25, 0.3) is 0 Å². The van der Waals surface area contributed by atoms with E-state index in [0.29, 0.717) is 29.8 Å². The van der Waals surface area contributed by atoms with Crippen LogP contribution in [0.1, 0.15) is 13.8 Å². The molecule has 2 heterocycles. The summed E-state index contributed by atoms with van der Waals surface area (Å²) in [6.07, 6.45) is 3.39. The van der Waals surface area contributed by atoms with E-state index in [0.717, 1.165) is 0 Å². The molecule has 0 aliphatic carbocycles. The molecule has 5 heteroatoms. The molecule has 0 bridgehead atoms.